The van der Waals surface area contributed by atoms with Gasteiger partial charge in [-0.15, -0.1) is 0 Å². The molecule has 0 radical (unpaired) electrons. The number of nitrogens with zero attached hydrogens (tertiary/aromatic N) is 3. The number of hydrogen-bond donors (Lipinski definition) is 0. The first-order valence-corrected chi connectivity index (χ1v) is 11.6. The zero-order valence-corrected chi connectivity index (χ0v) is 20.0. The van der Waals surface area contributed by atoms with Crippen LogP contribution >= 0.6 is 0 Å². The van der Waals surface area contributed by atoms with E-state index in [1.54, 1.807) is 0 Å². The normalized spacial score (nSPS) is 11.5. The Hall–Kier alpha value is -3.72. The predicted molar refractivity (Wildman–Crippen MR) is 137 cm³/mol. The molecule has 3 heteroatoms. The van der Waals surface area contributed by atoms with Crippen LogP contribution in [0.1, 0.15) is 36.6 Å². The number of rotatable bonds is 4. The summed E-state index contributed by atoms with van der Waals surface area (Å²) in [6, 6.07) is 28.3. The lowest BCUT2D eigenvalue weighted by Crippen LogP contribution is -2.30. The second-order valence-corrected chi connectivity index (χ2v) is 9.14. The molecule has 33 heavy (non-hydrogen) atoms. The molecule has 3 aromatic carbocycles. The second-order valence-electron chi connectivity index (χ2n) is 9.14. The van der Waals surface area contributed by atoms with E-state index >= 15 is 0 Å². The molecule has 0 amide bonds. The maximum atomic E-state index is 4.65. The van der Waals surface area contributed by atoms with Crippen molar-refractivity contribution < 1.29 is 4.57 Å². The Morgan fingerprint density at radius 3 is 2.27 bits per heavy atom. The van der Waals surface area contributed by atoms with Crippen molar-refractivity contribution >= 4 is 11.0 Å². The number of imidazole rings is 1. The quantitative estimate of drug-likeness (QED) is 0.282. The van der Waals surface area contributed by atoms with E-state index in [0.29, 0.717) is 5.92 Å². The van der Waals surface area contributed by atoms with Gasteiger partial charge in [-0.05, 0) is 66.8 Å². The van der Waals surface area contributed by atoms with E-state index in [2.05, 4.69) is 121 Å². The highest BCUT2D eigenvalue weighted by Gasteiger charge is 2.29. The Morgan fingerprint density at radius 2 is 1.55 bits per heavy atom. The van der Waals surface area contributed by atoms with Gasteiger partial charge in [0.15, 0.2) is 11.0 Å². The fourth-order valence-electron chi connectivity index (χ4n) is 4.82. The van der Waals surface area contributed by atoms with Crippen LogP contribution in [0.5, 0.6) is 0 Å². The van der Waals surface area contributed by atoms with Gasteiger partial charge in [0.1, 0.15) is 5.69 Å². The lowest BCUT2D eigenvalue weighted by molar-refractivity contribution is -0.633. The largest absolute Gasteiger partial charge is 0.296 e. The van der Waals surface area contributed by atoms with Gasteiger partial charge in [0.2, 0.25) is 0 Å². The smallest absolute Gasteiger partial charge is 0.261 e. The van der Waals surface area contributed by atoms with Crippen molar-refractivity contribution in [3.05, 3.63) is 102 Å². The molecule has 0 aliphatic carbocycles. The number of fused-ring (bicyclic) bond motifs is 1. The summed E-state index contributed by atoms with van der Waals surface area (Å²) in [6.45, 7) is 8.77. The Bertz CT molecular complexity index is 1460. The molecule has 0 atom stereocenters. The minimum Gasteiger partial charge on any atom is -0.261 e. The summed E-state index contributed by atoms with van der Waals surface area (Å²) in [4.78, 5) is 4.65. The van der Waals surface area contributed by atoms with Crippen molar-refractivity contribution in [3.8, 4) is 28.2 Å². The molecule has 164 valence electrons. The highest BCUT2D eigenvalue weighted by atomic mass is 15.2. The van der Waals surface area contributed by atoms with Crippen molar-refractivity contribution in [2.75, 3.05) is 0 Å². The van der Waals surface area contributed by atoms with Gasteiger partial charge in [0, 0.05) is 17.5 Å². The maximum Gasteiger partial charge on any atom is 0.296 e. The van der Waals surface area contributed by atoms with Crippen LogP contribution < -0.4 is 4.57 Å². The number of benzene rings is 3. The van der Waals surface area contributed by atoms with E-state index in [-0.39, 0.29) is 0 Å². The standard InChI is InChI=1S/C30H30N3/c1-20(2)25-18-24(23-11-7-6-8-12-23)15-16-27(25)33-29-14-10-9-13-28(29)32(5)30(33)26-19-31-22(4)17-21(26)3/h6-20H,1-5H3/q+1. The molecule has 5 rings (SSSR count). The van der Waals surface area contributed by atoms with Crippen LogP contribution in [0.2, 0.25) is 0 Å². The summed E-state index contributed by atoms with van der Waals surface area (Å²) < 4.78 is 4.71. The number of pyridine rings is 1. The molecule has 0 spiro atoms. The molecular formula is C30H30N3+. The van der Waals surface area contributed by atoms with Gasteiger partial charge in [-0.2, -0.15) is 4.57 Å². The van der Waals surface area contributed by atoms with Crippen LogP contribution in [0.4, 0.5) is 0 Å². The number of aromatic nitrogens is 3. The van der Waals surface area contributed by atoms with Crippen molar-refractivity contribution in [2.45, 2.75) is 33.6 Å². The van der Waals surface area contributed by atoms with Crippen LogP contribution in [0.3, 0.4) is 0 Å². The second kappa shape index (κ2) is 8.32. The monoisotopic (exact) mass is 432 g/mol. The SMILES string of the molecule is Cc1cc(C)c(-c2n(-c3ccc(-c4ccccc4)cc3C(C)C)c3ccccc3[n+]2C)cn1. The molecule has 2 aromatic heterocycles. The maximum absolute atomic E-state index is 4.65. The molecule has 0 N–H and O–H groups in total. The summed E-state index contributed by atoms with van der Waals surface area (Å²) in [7, 11) is 2.15. The van der Waals surface area contributed by atoms with Crippen molar-refractivity contribution in [1.29, 1.82) is 0 Å². The Kier molecular flexibility index (Phi) is 5.33. The van der Waals surface area contributed by atoms with E-state index in [1.807, 2.05) is 13.1 Å². The fraction of sp³-hybridized carbons (Fsp3) is 0.200. The third-order valence-corrected chi connectivity index (χ3v) is 6.50. The zero-order valence-electron chi connectivity index (χ0n) is 20.0. The Balaban J connectivity index is 1.84. The molecule has 0 unspecified atom stereocenters. The third kappa shape index (κ3) is 3.64. The average Bonchev–Trinajstić information content (AvgIpc) is 3.11. The molecule has 0 aliphatic heterocycles. The van der Waals surface area contributed by atoms with Gasteiger partial charge in [0.25, 0.3) is 5.82 Å². The number of hydrogen-bond acceptors (Lipinski definition) is 1. The summed E-state index contributed by atoms with van der Waals surface area (Å²) in [5.74, 6) is 1.52. The molecule has 0 saturated heterocycles. The summed E-state index contributed by atoms with van der Waals surface area (Å²) in [6.07, 6.45) is 2.02. The van der Waals surface area contributed by atoms with Gasteiger partial charge < -0.3 is 0 Å². The first-order valence-electron chi connectivity index (χ1n) is 11.6. The van der Waals surface area contributed by atoms with Gasteiger partial charge in [-0.1, -0.05) is 62.4 Å². The molecule has 0 fully saturated rings. The molecular weight excluding hydrogens is 402 g/mol. The molecule has 0 aliphatic rings. The summed E-state index contributed by atoms with van der Waals surface area (Å²) in [5.41, 5.74) is 10.9. The van der Waals surface area contributed by atoms with Gasteiger partial charge >= 0.3 is 0 Å². The predicted octanol–water partition coefficient (Wildman–Crippen LogP) is 6.92. The minimum absolute atomic E-state index is 0.375. The lowest BCUT2D eigenvalue weighted by atomic mass is 9.95. The highest BCUT2D eigenvalue weighted by molar-refractivity contribution is 5.80. The Morgan fingerprint density at radius 1 is 0.818 bits per heavy atom. The topological polar surface area (TPSA) is 21.7 Å². The third-order valence-electron chi connectivity index (χ3n) is 6.50. The lowest BCUT2D eigenvalue weighted by Gasteiger charge is -2.15. The van der Waals surface area contributed by atoms with Crippen molar-refractivity contribution in [3.63, 3.8) is 0 Å². The van der Waals surface area contributed by atoms with Crippen LogP contribution in [0.15, 0.2) is 85.1 Å². The van der Waals surface area contributed by atoms with Crippen molar-refractivity contribution in [2.24, 2.45) is 7.05 Å². The van der Waals surface area contributed by atoms with E-state index in [9.17, 15) is 0 Å². The zero-order chi connectivity index (χ0) is 23.1. The van der Waals surface area contributed by atoms with Crippen LogP contribution in [-0.2, 0) is 7.05 Å². The summed E-state index contributed by atoms with van der Waals surface area (Å²) in [5, 5.41) is 0. The molecule has 5 aromatic rings. The van der Waals surface area contributed by atoms with Crippen LogP contribution in [0.25, 0.3) is 39.2 Å². The van der Waals surface area contributed by atoms with Gasteiger partial charge in [-0.3, -0.25) is 4.98 Å². The molecule has 0 bridgehead atoms. The van der Waals surface area contributed by atoms with Crippen molar-refractivity contribution in [1.82, 2.24) is 9.55 Å². The number of aryl methyl sites for hydroxylation is 3. The highest BCUT2D eigenvalue weighted by Crippen LogP contribution is 2.35. The average molecular weight is 433 g/mol. The molecule has 3 nitrogen and oxygen atoms in total. The summed E-state index contributed by atoms with van der Waals surface area (Å²) >= 11 is 0. The van der Waals surface area contributed by atoms with E-state index in [4.69, 9.17) is 0 Å². The van der Waals surface area contributed by atoms with E-state index < -0.39 is 0 Å². The Labute approximate surface area is 196 Å². The number of para-hydroxylation sites is 2. The first kappa shape index (κ1) is 21.1. The van der Waals surface area contributed by atoms with Gasteiger partial charge in [0.05, 0.1) is 12.6 Å². The van der Waals surface area contributed by atoms with Crippen LogP contribution in [-0.4, -0.2) is 9.55 Å². The fourth-order valence-corrected chi connectivity index (χ4v) is 4.82. The minimum atomic E-state index is 0.375. The van der Waals surface area contributed by atoms with E-state index in [1.165, 1.54) is 39.0 Å². The molecule has 0 saturated carbocycles. The van der Waals surface area contributed by atoms with E-state index in [0.717, 1.165) is 17.1 Å². The van der Waals surface area contributed by atoms with Gasteiger partial charge in [-0.25, -0.2) is 4.57 Å². The molecule has 2 heterocycles. The van der Waals surface area contributed by atoms with Crippen LogP contribution in [0, 0.1) is 13.8 Å². The first-order chi connectivity index (χ1) is 16.0.